The first-order chi connectivity index (χ1) is 15.3. The van der Waals surface area contributed by atoms with Crippen molar-refractivity contribution in [2.45, 2.75) is 19.4 Å². The van der Waals surface area contributed by atoms with Crippen molar-refractivity contribution in [2.24, 2.45) is 5.10 Å². The Bertz CT molecular complexity index is 1240. The molecule has 0 fully saturated rings. The van der Waals surface area contributed by atoms with Gasteiger partial charge in [-0.25, -0.2) is 5.43 Å². The lowest BCUT2D eigenvalue weighted by atomic mass is 10.1. The van der Waals surface area contributed by atoms with Gasteiger partial charge in [0.1, 0.15) is 0 Å². The first-order valence-corrected chi connectivity index (χ1v) is 10.1. The number of hydrazone groups is 1. The van der Waals surface area contributed by atoms with E-state index in [2.05, 4.69) is 32.0 Å². The molecular formula is C24H20N6O. The molecule has 0 saturated heterocycles. The standard InChI is InChI=1S/C24H20N6O/c31-24(27-25-22-15-14-18-6-4-5-9-21(18)22)20-12-10-17(11-13-20)16-30-28-23(26-29-30)19-7-2-1-3-8-19/h1-13H,14-16H2,(H,27,31)/b25-22-. The first-order valence-electron chi connectivity index (χ1n) is 10.1. The van der Waals surface area contributed by atoms with E-state index < -0.39 is 0 Å². The highest BCUT2D eigenvalue weighted by Crippen LogP contribution is 2.21. The molecule has 1 N–H and O–H groups in total. The number of aryl methyl sites for hydroxylation is 1. The molecule has 1 aliphatic carbocycles. The van der Waals surface area contributed by atoms with E-state index in [1.807, 2.05) is 60.7 Å². The van der Waals surface area contributed by atoms with Crippen molar-refractivity contribution in [3.05, 3.63) is 101 Å². The molecule has 0 atom stereocenters. The van der Waals surface area contributed by atoms with Crippen molar-refractivity contribution >= 4 is 11.6 Å². The van der Waals surface area contributed by atoms with Crippen LogP contribution in [0.25, 0.3) is 11.4 Å². The second-order valence-corrected chi connectivity index (χ2v) is 7.36. The van der Waals surface area contributed by atoms with Gasteiger partial charge in [-0.05, 0) is 41.3 Å². The van der Waals surface area contributed by atoms with Crippen molar-refractivity contribution in [2.75, 3.05) is 0 Å². The fourth-order valence-corrected chi connectivity index (χ4v) is 3.64. The summed E-state index contributed by atoms with van der Waals surface area (Å²) in [6, 6.07) is 25.2. The van der Waals surface area contributed by atoms with Gasteiger partial charge < -0.3 is 0 Å². The Labute approximate surface area is 179 Å². The quantitative estimate of drug-likeness (QED) is 0.513. The zero-order valence-electron chi connectivity index (χ0n) is 16.8. The van der Waals surface area contributed by atoms with Gasteiger partial charge in [-0.3, -0.25) is 4.79 Å². The largest absolute Gasteiger partial charge is 0.271 e. The minimum atomic E-state index is -0.228. The van der Waals surface area contributed by atoms with Crippen LogP contribution >= 0.6 is 0 Å². The molecule has 3 aromatic carbocycles. The smallest absolute Gasteiger partial charge is 0.267 e. The summed E-state index contributed by atoms with van der Waals surface area (Å²) in [5, 5.41) is 17.0. The van der Waals surface area contributed by atoms with Crippen LogP contribution in [0.5, 0.6) is 0 Å². The average molecular weight is 408 g/mol. The number of carbonyl (C=O) groups is 1. The lowest BCUT2D eigenvalue weighted by Gasteiger charge is -2.04. The molecule has 0 radical (unpaired) electrons. The second kappa shape index (κ2) is 8.31. The second-order valence-electron chi connectivity index (χ2n) is 7.36. The van der Waals surface area contributed by atoms with E-state index in [0.717, 1.165) is 35.2 Å². The molecule has 1 aliphatic rings. The molecule has 0 bridgehead atoms. The number of fused-ring (bicyclic) bond motifs is 1. The van der Waals surface area contributed by atoms with E-state index in [-0.39, 0.29) is 5.91 Å². The first kappa shape index (κ1) is 18.9. The van der Waals surface area contributed by atoms with Gasteiger partial charge in [0.25, 0.3) is 5.91 Å². The molecule has 0 spiro atoms. The van der Waals surface area contributed by atoms with Gasteiger partial charge in [0.05, 0.1) is 12.3 Å². The van der Waals surface area contributed by atoms with Gasteiger partial charge in [-0.2, -0.15) is 9.90 Å². The molecular weight excluding hydrogens is 388 g/mol. The van der Waals surface area contributed by atoms with Crippen LogP contribution in [-0.4, -0.2) is 31.8 Å². The number of amides is 1. The maximum Gasteiger partial charge on any atom is 0.271 e. The number of aromatic nitrogens is 4. The van der Waals surface area contributed by atoms with Crippen LogP contribution in [0, 0.1) is 0 Å². The number of tetrazole rings is 1. The van der Waals surface area contributed by atoms with Crippen LogP contribution in [0.1, 0.15) is 33.5 Å². The highest BCUT2D eigenvalue weighted by atomic mass is 16.2. The molecule has 0 aliphatic heterocycles. The maximum absolute atomic E-state index is 12.5. The summed E-state index contributed by atoms with van der Waals surface area (Å²) >= 11 is 0. The van der Waals surface area contributed by atoms with Gasteiger partial charge in [0.2, 0.25) is 5.82 Å². The van der Waals surface area contributed by atoms with Crippen LogP contribution in [-0.2, 0) is 13.0 Å². The molecule has 0 unspecified atom stereocenters. The minimum absolute atomic E-state index is 0.228. The number of hydrogen-bond donors (Lipinski definition) is 1. The Morgan fingerprint density at radius 2 is 1.71 bits per heavy atom. The van der Waals surface area contributed by atoms with Crippen molar-refractivity contribution in [3.8, 4) is 11.4 Å². The summed E-state index contributed by atoms with van der Waals surface area (Å²) in [5.74, 6) is 0.359. The summed E-state index contributed by atoms with van der Waals surface area (Å²) in [7, 11) is 0. The molecule has 5 rings (SSSR count). The third-order valence-electron chi connectivity index (χ3n) is 5.28. The summed E-state index contributed by atoms with van der Waals surface area (Å²) in [6.45, 7) is 0.473. The highest BCUT2D eigenvalue weighted by Gasteiger charge is 2.17. The highest BCUT2D eigenvalue weighted by molar-refractivity contribution is 6.05. The zero-order chi connectivity index (χ0) is 21.0. The third-order valence-corrected chi connectivity index (χ3v) is 5.28. The fraction of sp³-hybridized carbons (Fsp3) is 0.125. The van der Waals surface area contributed by atoms with E-state index in [1.165, 1.54) is 5.56 Å². The Balaban J connectivity index is 1.23. The van der Waals surface area contributed by atoms with Gasteiger partial charge in [-0.1, -0.05) is 66.7 Å². The van der Waals surface area contributed by atoms with E-state index in [4.69, 9.17) is 0 Å². The van der Waals surface area contributed by atoms with Crippen LogP contribution in [0.2, 0.25) is 0 Å². The van der Waals surface area contributed by atoms with Crippen LogP contribution in [0.15, 0.2) is 84.0 Å². The average Bonchev–Trinajstić information content (AvgIpc) is 3.46. The molecule has 7 heteroatoms. The minimum Gasteiger partial charge on any atom is -0.267 e. The van der Waals surface area contributed by atoms with Gasteiger partial charge in [-0.15, -0.1) is 10.2 Å². The molecule has 1 aromatic heterocycles. The molecule has 7 nitrogen and oxygen atoms in total. The summed E-state index contributed by atoms with van der Waals surface area (Å²) in [5.41, 5.74) is 8.45. The Kier molecular flexibility index (Phi) is 5.06. The normalized spacial score (nSPS) is 13.9. The number of hydrogen-bond acceptors (Lipinski definition) is 5. The zero-order valence-corrected chi connectivity index (χ0v) is 16.8. The predicted molar refractivity (Wildman–Crippen MR) is 118 cm³/mol. The van der Waals surface area contributed by atoms with Gasteiger partial charge in [0.15, 0.2) is 0 Å². The topological polar surface area (TPSA) is 85.1 Å². The van der Waals surface area contributed by atoms with Crippen LogP contribution in [0.4, 0.5) is 0 Å². The number of carbonyl (C=O) groups excluding carboxylic acids is 1. The van der Waals surface area contributed by atoms with Crippen molar-refractivity contribution in [1.29, 1.82) is 0 Å². The summed E-state index contributed by atoms with van der Waals surface area (Å²) < 4.78 is 0. The number of benzene rings is 3. The van der Waals surface area contributed by atoms with Crippen molar-refractivity contribution < 1.29 is 4.79 Å². The molecule has 152 valence electrons. The molecule has 1 heterocycles. The van der Waals surface area contributed by atoms with E-state index in [0.29, 0.717) is 17.9 Å². The summed E-state index contributed by atoms with van der Waals surface area (Å²) in [6.07, 6.45) is 1.80. The SMILES string of the molecule is O=C(N/N=C1/CCc2ccccc21)c1ccc(Cn2nnc(-c3ccccc3)n2)cc1. The molecule has 0 saturated carbocycles. The fourth-order valence-electron chi connectivity index (χ4n) is 3.64. The van der Waals surface area contributed by atoms with Gasteiger partial charge >= 0.3 is 0 Å². The lowest BCUT2D eigenvalue weighted by Crippen LogP contribution is -2.19. The Morgan fingerprint density at radius 3 is 2.55 bits per heavy atom. The Morgan fingerprint density at radius 1 is 0.935 bits per heavy atom. The van der Waals surface area contributed by atoms with Gasteiger partial charge in [0, 0.05) is 16.7 Å². The summed E-state index contributed by atoms with van der Waals surface area (Å²) in [4.78, 5) is 14.0. The number of rotatable bonds is 5. The predicted octanol–water partition coefficient (Wildman–Crippen LogP) is 3.47. The van der Waals surface area contributed by atoms with E-state index >= 15 is 0 Å². The number of nitrogens with zero attached hydrogens (tertiary/aromatic N) is 5. The van der Waals surface area contributed by atoms with Crippen molar-refractivity contribution in [1.82, 2.24) is 25.6 Å². The third kappa shape index (κ3) is 4.11. The molecule has 4 aromatic rings. The van der Waals surface area contributed by atoms with Crippen LogP contribution in [0.3, 0.4) is 0 Å². The Hall–Kier alpha value is -4.13. The van der Waals surface area contributed by atoms with E-state index in [9.17, 15) is 4.79 Å². The van der Waals surface area contributed by atoms with Crippen LogP contribution < -0.4 is 5.43 Å². The monoisotopic (exact) mass is 408 g/mol. The molecule has 31 heavy (non-hydrogen) atoms. The maximum atomic E-state index is 12.5. The lowest BCUT2D eigenvalue weighted by molar-refractivity contribution is 0.0955. The van der Waals surface area contributed by atoms with E-state index in [1.54, 1.807) is 16.9 Å². The molecule has 1 amide bonds. The number of nitrogens with one attached hydrogen (secondary N) is 1. The van der Waals surface area contributed by atoms with Crippen molar-refractivity contribution in [3.63, 3.8) is 0 Å².